The van der Waals surface area contributed by atoms with Gasteiger partial charge in [0.2, 0.25) is 5.91 Å². The molecule has 1 unspecified atom stereocenters. The number of anilines is 1. The molecule has 3 aromatic rings. The van der Waals surface area contributed by atoms with Crippen molar-refractivity contribution in [3.63, 3.8) is 0 Å². The van der Waals surface area contributed by atoms with Crippen LogP contribution in [0.4, 0.5) is 5.82 Å². The fraction of sp³-hybridized carbons (Fsp3) is 0.375. The minimum Gasteiger partial charge on any atom is -0.348 e. The zero-order valence-electron chi connectivity index (χ0n) is 16.9. The fourth-order valence-corrected chi connectivity index (χ4v) is 5.01. The van der Waals surface area contributed by atoms with Crippen LogP contribution in [0.3, 0.4) is 0 Å². The summed E-state index contributed by atoms with van der Waals surface area (Å²) in [6, 6.07) is 15.9. The quantitative estimate of drug-likeness (QED) is 0.624. The third-order valence-corrected chi connectivity index (χ3v) is 6.85. The van der Waals surface area contributed by atoms with Crippen molar-refractivity contribution >= 4 is 34.2 Å². The summed E-state index contributed by atoms with van der Waals surface area (Å²) in [4.78, 5) is 26.5. The predicted molar refractivity (Wildman–Crippen MR) is 120 cm³/mol. The second kappa shape index (κ2) is 7.88. The van der Waals surface area contributed by atoms with Gasteiger partial charge in [-0.25, -0.2) is 9.97 Å². The average Bonchev–Trinajstić information content (AvgIpc) is 2.78. The molecule has 1 atom stereocenters. The summed E-state index contributed by atoms with van der Waals surface area (Å²) >= 11 is 5.96. The number of rotatable bonds is 4. The number of amides is 1. The van der Waals surface area contributed by atoms with Gasteiger partial charge in [-0.3, -0.25) is 4.79 Å². The number of aryl methyl sites for hydroxylation is 1. The molecule has 1 amide bonds. The first-order chi connectivity index (χ1) is 14.6. The molecule has 30 heavy (non-hydrogen) atoms. The third kappa shape index (κ3) is 3.52. The van der Waals surface area contributed by atoms with Crippen LogP contribution in [0.5, 0.6) is 0 Å². The molecule has 1 spiro atoms. The number of para-hydroxylation sites is 1. The molecule has 0 N–H and O–H groups in total. The highest BCUT2D eigenvalue weighted by Crippen LogP contribution is 2.43. The first-order valence-electron chi connectivity index (χ1n) is 10.6. The van der Waals surface area contributed by atoms with Gasteiger partial charge in [0.05, 0.1) is 11.1 Å². The summed E-state index contributed by atoms with van der Waals surface area (Å²) in [5, 5.41) is 1.82. The molecule has 154 valence electrons. The van der Waals surface area contributed by atoms with Gasteiger partial charge in [0.1, 0.15) is 12.1 Å². The molecule has 6 heteroatoms. The fourth-order valence-electron chi connectivity index (χ4n) is 4.89. The number of nitrogens with zero attached hydrogens (tertiary/aromatic N) is 4. The minimum atomic E-state index is 0.00526. The second-order valence-electron chi connectivity index (χ2n) is 8.39. The second-order valence-corrected chi connectivity index (χ2v) is 8.82. The van der Waals surface area contributed by atoms with E-state index in [0.29, 0.717) is 6.42 Å². The van der Waals surface area contributed by atoms with E-state index >= 15 is 0 Å². The lowest BCUT2D eigenvalue weighted by atomic mass is 9.77. The number of hydrogen-bond donors (Lipinski definition) is 0. The van der Waals surface area contributed by atoms with Crippen molar-refractivity contribution in [1.82, 2.24) is 14.9 Å². The van der Waals surface area contributed by atoms with Crippen LogP contribution in [0.15, 0.2) is 54.9 Å². The van der Waals surface area contributed by atoms with Gasteiger partial charge in [-0.05, 0) is 55.5 Å². The largest absolute Gasteiger partial charge is 0.348 e. The molecule has 5 nitrogen and oxygen atoms in total. The van der Waals surface area contributed by atoms with E-state index in [2.05, 4.69) is 25.8 Å². The molecule has 3 heterocycles. The van der Waals surface area contributed by atoms with Gasteiger partial charge in [0, 0.05) is 36.5 Å². The van der Waals surface area contributed by atoms with Crippen LogP contribution in [-0.4, -0.2) is 45.9 Å². The lowest BCUT2D eigenvalue weighted by Crippen LogP contribution is -2.68. The first-order valence-corrected chi connectivity index (χ1v) is 11.0. The number of benzene rings is 2. The Morgan fingerprint density at radius 3 is 2.67 bits per heavy atom. The normalized spacial score (nSPS) is 21.1. The number of likely N-dealkylation sites (tertiary alicyclic amines) is 1. The predicted octanol–water partition coefficient (Wildman–Crippen LogP) is 4.49. The SMILES string of the molecule is O=C(CCc1ccc(Cl)cc1)N1CCCC2(CCN2c2ncnc3ccccc23)C1. The number of hydrogen-bond acceptors (Lipinski definition) is 4. The lowest BCUT2D eigenvalue weighted by molar-refractivity contribution is -0.134. The van der Waals surface area contributed by atoms with Crippen molar-refractivity contribution in [2.45, 2.75) is 37.6 Å². The maximum Gasteiger partial charge on any atom is 0.222 e. The summed E-state index contributed by atoms with van der Waals surface area (Å²) in [7, 11) is 0. The molecule has 5 rings (SSSR count). The van der Waals surface area contributed by atoms with Crippen LogP contribution in [0.25, 0.3) is 10.9 Å². The number of aromatic nitrogens is 2. The van der Waals surface area contributed by atoms with E-state index in [0.717, 1.165) is 72.6 Å². The van der Waals surface area contributed by atoms with Gasteiger partial charge in [-0.15, -0.1) is 0 Å². The Balaban J connectivity index is 1.30. The molecule has 0 bridgehead atoms. The maximum atomic E-state index is 13.0. The molecule has 2 fully saturated rings. The Bertz CT molecular complexity index is 1060. The van der Waals surface area contributed by atoms with E-state index in [-0.39, 0.29) is 11.4 Å². The average molecular weight is 421 g/mol. The van der Waals surface area contributed by atoms with Gasteiger partial charge >= 0.3 is 0 Å². The van der Waals surface area contributed by atoms with Crippen LogP contribution >= 0.6 is 11.6 Å². The molecular formula is C24H25ClN4O. The van der Waals surface area contributed by atoms with Crippen LogP contribution in [0.2, 0.25) is 5.02 Å². The van der Waals surface area contributed by atoms with E-state index < -0.39 is 0 Å². The van der Waals surface area contributed by atoms with Crippen molar-refractivity contribution in [2.75, 3.05) is 24.5 Å². The molecule has 2 aliphatic heterocycles. The van der Waals surface area contributed by atoms with Crippen LogP contribution in [0.1, 0.15) is 31.2 Å². The number of fused-ring (bicyclic) bond motifs is 1. The van der Waals surface area contributed by atoms with E-state index in [9.17, 15) is 4.79 Å². The number of piperidine rings is 1. The lowest BCUT2D eigenvalue weighted by Gasteiger charge is -2.57. The highest BCUT2D eigenvalue weighted by molar-refractivity contribution is 6.30. The Hall–Kier alpha value is -2.66. The first kappa shape index (κ1) is 19.3. The van der Waals surface area contributed by atoms with Crippen LogP contribution in [-0.2, 0) is 11.2 Å². The van der Waals surface area contributed by atoms with Crippen LogP contribution < -0.4 is 4.90 Å². The summed E-state index contributed by atoms with van der Waals surface area (Å²) in [5.41, 5.74) is 2.12. The van der Waals surface area contributed by atoms with Gasteiger partial charge in [-0.1, -0.05) is 35.9 Å². The summed E-state index contributed by atoms with van der Waals surface area (Å²) in [5.74, 6) is 1.24. The zero-order chi connectivity index (χ0) is 20.6. The van der Waals surface area contributed by atoms with Gasteiger partial charge in [0.25, 0.3) is 0 Å². The maximum absolute atomic E-state index is 13.0. The highest BCUT2D eigenvalue weighted by atomic mass is 35.5. The van der Waals surface area contributed by atoms with E-state index in [1.807, 2.05) is 42.5 Å². The van der Waals surface area contributed by atoms with Gasteiger partial charge in [0.15, 0.2) is 0 Å². The Morgan fingerprint density at radius 2 is 1.87 bits per heavy atom. The molecule has 1 aromatic heterocycles. The van der Waals surface area contributed by atoms with E-state index in [4.69, 9.17) is 11.6 Å². The zero-order valence-corrected chi connectivity index (χ0v) is 17.7. The smallest absolute Gasteiger partial charge is 0.222 e. The molecule has 2 saturated heterocycles. The summed E-state index contributed by atoms with van der Waals surface area (Å²) in [6.45, 7) is 2.61. The van der Waals surface area contributed by atoms with Crippen LogP contribution in [0, 0.1) is 0 Å². The Labute approximate surface area is 181 Å². The Morgan fingerprint density at radius 1 is 1.03 bits per heavy atom. The topological polar surface area (TPSA) is 49.3 Å². The van der Waals surface area contributed by atoms with Crippen molar-refractivity contribution in [3.8, 4) is 0 Å². The third-order valence-electron chi connectivity index (χ3n) is 6.60. The Kier molecular flexibility index (Phi) is 5.07. The summed E-state index contributed by atoms with van der Waals surface area (Å²) in [6.07, 6.45) is 6.18. The molecule has 2 aliphatic rings. The molecular weight excluding hydrogens is 396 g/mol. The summed E-state index contributed by atoms with van der Waals surface area (Å²) < 4.78 is 0. The molecule has 0 radical (unpaired) electrons. The van der Waals surface area contributed by atoms with Gasteiger partial charge in [-0.2, -0.15) is 0 Å². The van der Waals surface area contributed by atoms with Crippen molar-refractivity contribution < 1.29 is 4.79 Å². The van der Waals surface area contributed by atoms with Crippen molar-refractivity contribution in [2.24, 2.45) is 0 Å². The number of carbonyl (C=O) groups is 1. The minimum absolute atomic E-state index is 0.00526. The number of halogens is 1. The standard InChI is InChI=1S/C24H25ClN4O/c25-19-9-6-18(7-10-19)8-11-22(30)28-14-3-12-24(16-28)13-15-29(24)23-20-4-1-2-5-21(20)26-17-27-23/h1-2,4-7,9-10,17H,3,8,11-16H2. The molecule has 0 aliphatic carbocycles. The van der Waals surface area contributed by atoms with Crippen molar-refractivity contribution in [1.29, 1.82) is 0 Å². The molecule has 2 aromatic carbocycles. The van der Waals surface area contributed by atoms with Gasteiger partial charge < -0.3 is 9.80 Å². The number of carbonyl (C=O) groups excluding carboxylic acids is 1. The van der Waals surface area contributed by atoms with E-state index in [1.54, 1.807) is 6.33 Å². The monoisotopic (exact) mass is 420 g/mol. The highest BCUT2D eigenvalue weighted by Gasteiger charge is 2.49. The molecule has 0 saturated carbocycles. The van der Waals surface area contributed by atoms with Crippen molar-refractivity contribution in [3.05, 3.63) is 65.4 Å². The van der Waals surface area contributed by atoms with E-state index in [1.165, 1.54) is 0 Å².